The van der Waals surface area contributed by atoms with Crippen molar-refractivity contribution < 1.29 is 0 Å². The molecule has 362 valence electrons. The number of hydrogen-bond acceptors (Lipinski definition) is 20. The van der Waals surface area contributed by atoms with E-state index in [9.17, 15) is 0 Å². The second-order valence-electron chi connectivity index (χ2n) is 19.1. The van der Waals surface area contributed by atoms with Gasteiger partial charge in [-0.05, 0) is 125 Å². The second kappa shape index (κ2) is 14.8. The number of nitrogens with two attached hydrogens (primary N) is 8. The molecule has 76 heavy (non-hydrogen) atoms. The first-order valence-corrected chi connectivity index (χ1v) is 23.9. The maximum atomic E-state index is 6.20. The molecule has 0 saturated heterocycles. The van der Waals surface area contributed by atoms with Gasteiger partial charge in [-0.2, -0.15) is 59.8 Å². The Labute approximate surface area is 430 Å². The molecule has 4 aliphatic carbocycles. The van der Waals surface area contributed by atoms with E-state index in [1.54, 1.807) is 0 Å². The third-order valence-corrected chi connectivity index (χ3v) is 15.2. The lowest BCUT2D eigenvalue weighted by Gasteiger charge is -2.33. The first-order valence-electron chi connectivity index (χ1n) is 23.9. The van der Waals surface area contributed by atoms with Crippen LogP contribution in [0.25, 0.3) is 90.1 Å². The first-order chi connectivity index (χ1) is 36.9. The van der Waals surface area contributed by atoms with E-state index in [-0.39, 0.29) is 47.6 Å². The second-order valence-corrected chi connectivity index (χ2v) is 19.1. The van der Waals surface area contributed by atoms with E-state index in [0.717, 1.165) is 89.0 Å². The van der Waals surface area contributed by atoms with Gasteiger partial charge in [0.25, 0.3) is 0 Å². The van der Waals surface area contributed by atoms with Gasteiger partial charge in [0.2, 0.25) is 47.6 Å². The molecule has 0 amide bonds. The summed E-state index contributed by atoms with van der Waals surface area (Å²) in [6, 6.07) is 46.8. The van der Waals surface area contributed by atoms with Crippen molar-refractivity contribution in [2.24, 2.45) is 0 Å². The highest BCUT2D eigenvalue weighted by atomic mass is 15.2. The Bertz CT molecular complexity index is 3880. The predicted octanol–water partition coefficient (Wildman–Crippen LogP) is 6.44. The molecule has 0 saturated carbocycles. The molecule has 4 aromatic heterocycles. The van der Waals surface area contributed by atoms with Gasteiger partial charge >= 0.3 is 0 Å². The summed E-state index contributed by atoms with van der Waals surface area (Å²) < 4.78 is 0. The lowest BCUT2D eigenvalue weighted by atomic mass is 9.68. The van der Waals surface area contributed by atoms with E-state index >= 15 is 0 Å². The van der Waals surface area contributed by atoms with Crippen LogP contribution >= 0.6 is 0 Å². The van der Waals surface area contributed by atoms with Crippen molar-refractivity contribution in [2.75, 3.05) is 45.9 Å². The van der Waals surface area contributed by atoms with Crippen molar-refractivity contribution in [3.8, 4) is 90.1 Å². The molecule has 7 aromatic carbocycles. The Balaban J connectivity index is 1.05. The summed E-state index contributed by atoms with van der Waals surface area (Å²) in [5, 5.41) is 0. The van der Waals surface area contributed by atoms with Gasteiger partial charge in [0.15, 0.2) is 23.3 Å². The van der Waals surface area contributed by atoms with Crippen LogP contribution in [-0.4, -0.2) is 59.8 Å². The summed E-state index contributed by atoms with van der Waals surface area (Å²) in [5.74, 6) is 1.47. The van der Waals surface area contributed by atoms with Crippen molar-refractivity contribution >= 4 is 47.6 Å². The largest absolute Gasteiger partial charge is 0.368 e. The summed E-state index contributed by atoms with van der Waals surface area (Å²) in [6.07, 6.45) is 0. The SMILES string of the molecule is Nc1nc(N)nc(-c2ccc3c(c2)C2(c4ccccc4-c4cc5c(cc42)-c2ccccc2C52c4cc(-c5nc(N)nc(N)n5)ccc4-c4ccc(-c5nc(N)nc(N)n5)cc42)c2cc(-c4nc(N)nc(N)n4)ccc2-3)n1. The van der Waals surface area contributed by atoms with E-state index in [0.29, 0.717) is 45.6 Å². The molecule has 4 aliphatic rings. The van der Waals surface area contributed by atoms with Crippen molar-refractivity contribution in [1.82, 2.24) is 59.8 Å². The zero-order valence-electron chi connectivity index (χ0n) is 39.7. The Morgan fingerprint density at radius 1 is 0.211 bits per heavy atom. The van der Waals surface area contributed by atoms with Crippen LogP contribution in [0.15, 0.2) is 133 Å². The average molecular weight is 991 g/mol. The van der Waals surface area contributed by atoms with E-state index < -0.39 is 10.8 Å². The summed E-state index contributed by atoms with van der Waals surface area (Å²) in [7, 11) is 0. The lowest BCUT2D eigenvalue weighted by molar-refractivity contribution is 0.783. The maximum absolute atomic E-state index is 6.20. The molecule has 2 spiro atoms. The predicted molar refractivity (Wildman–Crippen MR) is 290 cm³/mol. The standard InChI is InChI=1S/C56H38N20/c57-47-65-43(66-48(58)73-47)23-9-13-29-30-14-10-24(44-67-49(59)74-50(60)68-44)18-38(30)55(37(29)17-23)35-7-3-1-5-27(35)33-21-42-34(22-41(33)55)28-6-2-4-8-36(28)56(42)39-19-25(45-69-51(61)75-52(62)70-45)11-15-31(39)32-16-12-26(20-40(32)56)46-71-53(63)76-54(64)72-46/h1-22H,(H4,57,58,65,66,73)(H4,59,60,67,68,74)(H4,61,62,69,70,75)(H4,63,64,71,72,76). The topological polar surface area (TPSA) is 363 Å². The molecule has 11 aromatic rings. The number of benzene rings is 7. The van der Waals surface area contributed by atoms with Gasteiger partial charge in [-0.25, -0.2) is 0 Å². The van der Waals surface area contributed by atoms with E-state index in [4.69, 9.17) is 45.9 Å². The molecular weight excluding hydrogens is 953 g/mol. The minimum absolute atomic E-state index is 0.0127. The molecule has 4 heterocycles. The van der Waals surface area contributed by atoms with Crippen molar-refractivity contribution in [3.63, 3.8) is 0 Å². The molecule has 0 atom stereocenters. The fraction of sp³-hybridized carbons (Fsp3) is 0.0357. The highest BCUT2D eigenvalue weighted by molar-refractivity contribution is 6.02. The number of hydrogen-bond donors (Lipinski definition) is 8. The number of aromatic nitrogens is 12. The minimum Gasteiger partial charge on any atom is -0.368 e. The number of fused-ring (bicyclic) bond motifs is 20. The smallest absolute Gasteiger partial charge is 0.225 e. The number of nitrogens with zero attached hydrogens (tertiary/aromatic N) is 12. The molecule has 0 radical (unpaired) electrons. The number of anilines is 8. The van der Waals surface area contributed by atoms with Crippen LogP contribution in [0.5, 0.6) is 0 Å². The van der Waals surface area contributed by atoms with Crippen LogP contribution in [0, 0.1) is 0 Å². The summed E-state index contributed by atoms with van der Waals surface area (Å²) in [5.41, 5.74) is 66.9. The van der Waals surface area contributed by atoms with Crippen molar-refractivity contribution in [3.05, 3.63) is 178 Å². The molecule has 0 aliphatic heterocycles. The summed E-state index contributed by atoms with van der Waals surface area (Å²) in [4.78, 5) is 52.7. The maximum Gasteiger partial charge on any atom is 0.225 e. The molecule has 0 fully saturated rings. The molecule has 20 heteroatoms. The summed E-state index contributed by atoms with van der Waals surface area (Å²) >= 11 is 0. The molecule has 15 rings (SSSR count). The van der Waals surface area contributed by atoms with Gasteiger partial charge in [0.05, 0.1) is 10.8 Å². The molecule has 20 nitrogen and oxygen atoms in total. The zero-order chi connectivity index (χ0) is 51.5. The van der Waals surface area contributed by atoms with Crippen LogP contribution in [0.2, 0.25) is 0 Å². The molecule has 16 N–H and O–H groups in total. The fourth-order valence-corrected chi connectivity index (χ4v) is 12.6. The van der Waals surface area contributed by atoms with Crippen molar-refractivity contribution in [1.29, 1.82) is 0 Å². The average Bonchev–Trinajstić information content (AvgIpc) is 4.17. The third-order valence-electron chi connectivity index (χ3n) is 15.2. The van der Waals surface area contributed by atoms with Gasteiger partial charge < -0.3 is 45.9 Å². The number of rotatable bonds is 4. The minimum atomic E-state index is -0.945. The van der Waals surface area contributed by atoms with E-state index in [1.165, 1.54) is 0 Å². The highest BCUT2D eigenvalue weighted by Crippen LogP contribution is 2.68. The van der Waals surface area contributed by atoms with Gasteiger partial charge in [0.1, 0.15) is 0 Å². The zero-order valence-corrected chi connectivity index (χ0v) is 39.7. The normalized spacial score (nSPS) is 13.9. The monoisotopic (exact) mass is 990 g/mol. The third kappa shape index (κ3) is 5.65. The van der Waals surface area contributed by atoms with Crippen LogP contribution in [0.4, 0.5) is 47.6 Å². The van der Waals surface area contributed by atoms with Crippen LogP contribution in [0.3, 0.4) is 0 Å². The van der Waals surface area contributed by atoms with Gasteiger partial charge in [-0.15, -0.1) is 0 Å². The lowest BCUT2D eigenvalue weighted by Crippen LogP contribution is -2.27. The van der Waals surface area contributed by atoms with Crippen LogP contribution < -0.4 is 45.9 Å². The van der Waals surface area contributed by atoms with Gasteiger partial charge in [-0.3, -0.25) is 0 Å². The summed E-state index contributed by atoms with van der Waals surface area (Å²) in [6.45, 7) is 0. The first kappa shape index (κ1) is 42.6. The fourth-order valence-electron chi connectivity index (χ4n) is 12.6. The Morgan fingerprint density at radius 3 is 0.697 bits per heavy atom. The highest BCUT2D eigenvalue weighted by Gasteiger charge is 2.56. The molecule has 0 bridgehead atoms. The van der Waals surface area contributed by atoms with Crippen LogP contribution in [-0.2, 0) is 10.8 Å². The Morgan fingerprint density at radius 2 is 0.434 bits per heavy atom. The van der Waals surface area contributed by atoms with Gasteiger partial charge in [0, 0.05) is 22.3 Å². The number of nitrogen functional groups attached to an aromatic ring is 8. The van der Waals surface area contributed by atoms with Crippen molar-refractivity contribution in [2.45, 2.75) is 10.8 Å². The molecule has 0 unspecified atom stereocenters. The van der Waals surface area contributed by atoms with Gasteiger partial charge in [-0.1, -0.05) is 97.1 Å². The quantitative estimate of drug-likeness (QED) is 0.0940. The van der Waals surface area contributed by atoms with E-state index in [2.05, 4.69) is 169 Å². The Hall–Kier alpha value is -11.0. The molecular formula is C56H38N20. The van der Waals surface area contributed by atoms with E-state index in [1.807, 2.05) is 24.3 Å². The van der Waals surface area contributed by atoms with Crippen LogP contribution in [0.1, 0.15) is 44.5 Å². The Kier molecular flexibility index (Phi) is 8.30.